The zero-order valence-corrected chi connectivity index (χ0v) is 11.5. The normalized spacial score (nSPS) is 12.2. The van der Waals surface area contributed by atoms with E-state index >= 15 is 0 Å². The summed E-state index contributed by atoms with van der Waals surface area (Å²) in [7, 11) is 1.51. The van der Waals surface area contributed by atoms with Gasteiger partial charge < -0.3 is 19.4 Å². The smallest absolute Gasteiger partial charge is 0.339 e. The molecule has 1 aromatic heterocycles. The van der Waals surface area contributed by atoms with Gasteiger partial charge in [0.15, 0.2) is 5.76 Å². The van der Waals surface area contributed by atoms with Crippen LogP contribution in [0.2, 0.25) is 0 Å². The minimum absolute atomic E-state index is 0.0125. The van der Waals surface area contributed by atoms with Gasteiger partial charge in [0.25, 0.3) is 0 Å². The highest BCUT2D eigenvalue weighted by molar-refractivity contribution is 9.10. The van der Waals surface area contributed by atoms with Crippen molar-refractivity contribution < 1.29 is 24.2 Å². The Labute approximate surface area is 117 Å². The van der Waals surface area contributed by atoms with Gasteiger partial charge in [0.2, 0.25) is 0 Å². The maximum atomic E-state index is 11.0. The van der Waals surface area contributed by atoms with Gasteiger partial charge in [-0.05, 0) is 24.3 Å². The van der Waals surface area contributed by atoms with Gasteiger partial charge in [0.1, 0.15) is 17.4 Å². The van der Waals surface area contributed by atoms with Crippen molar-refractivity contribution in [3.8, 4) is 5.75 Å². The lowest BCUT2D eigenvalue weighted by atomic mass is 10.0. The molecule has 0 aliphatic carbocycles. The number of halogens is 1. The van der Waals surface area contributed by atoms with Crippen molar-refractivity contribution in [2.75, 3.05) is 7.11 Å². The van der Waals surface area contributed by atoms with Crippen LogP contribution in [-0.4, -0.2) is 23.3 Å². The molecule has 1 aromatic carbocycles. The van der Waals surface area contributed by atoms with E-state index in [0.717, 1.165) is 0 Å². The van der Waals surface area contributed by atoms with Crippen molar-refractivity contribution in [1.82, 2.24) is 0 Å². The van der Waals surface area contributed by atoms with Gasteiger partial charge in [-0.1, -0.05) is 15.9 Å². The maximum Gasteiger partial charge on any atom is 0.339 e. The van der Waals surface area contributed by atoms with Crippen molar-refractivity contribution in [1.29, 1.82) is 0 Å². The fraction of sp³-hybridized carbons (Fsp3) is 0.154. The molecule has 0 aliphatic heterocycles. The first kappa shape index (κ1) is 13.6. The Balaban J connectivity index is 2.46. The average Bonchev–Trinajstić information content (AvgIpc) is 2.88. The fourth-order valence-corrected chi connectivity index (χ4v) is 2.17. The molecule has 0 amide bonds. The third kappa shape index (κ3) is 2.64. The third-order valence-electron chi connectivity index (χ3n) is 2.67. The maximum absolute atomic E-state index is 11.0. The molecular formula is C13H11BrO5. The van der Waals surface area contributed by atoms with Gasteiger partial charge in [-0.3, -0.25) is 0 Å². The molecule has 100 valence electrons. The van der Waals surface area contributed by atoms with Crippen LogP contribution in [-0.2, 0) is 0 Å². The molecule has 1 unspecified atom stereocenters. The van der Waals surface area contributed by atoms with E-state index in [2.05, 4.69) is 15.9 Å². The molecule has 2 rings (SSSR count). The number of aromatic carboxylic acids is 1. The lowest BCUT2D eigenvalue weighted by Gasteiger charge is -2.13. The molecule has 2 aromatic rings. The number of carboxylic acid groups (broad SMARTS) is 1. The summed E-state index contributed by atoms with van der Waals surface area (Å²) < 4.78 is 10.8. The second-order valence-corrected chi connectivity index (χ2v) is 4.65. The first-order chi connectivity index (χ1) is 9.04. The lowest BCUT2D eigenvalue weighted by Crippen LogP contribution is -2.06. The first-order valence-corrected chi connectivity index (χ1v) is 6.16. The summed E-state index contributed by atoms with van der Waals surface area (Å²) >= 11 is 3.30. The Morgan fingerprint density at radius 2 is 2.16 bits per heavy atom. The average molecular weight is 327 g/mol. The Bertz CT molecular complexity index is 605. The molecule has 1 atom stereocenters. The Hall–Kier alpha value is -1.79. The molecule has 0 fully saturated rings. The molecule has 0 saturated heterocycles. The number of hydrogen-bond acceptors (Lipinski definition) is 4. The van der Waals surface area contributed by atoms with E-state index in [0.29, 0.717) is 15.8 Å². The number of furan rings is 1. The number of carboxylic acids is 1. The first-order valence-electron chi connectivity index (χ1n) is 5.36. The van der Waals surface area contributed by atoms with Crippen LogP contribution in [0.1, 0.15) is 27.8 Å². The largest absolute Gasteiger partial charge is 0.497 e. The summed E-state index contributed by atoms with van der Waals surface area (Å²) in [6.45, 7) is 0. The van der Waals surface area contributed by atoms with E-state index in [4.69, 9.17) is 14.3 Å². The molecule has 2 N–H and O–H groups in total. The topological polar surface area (TPSA) is 79.9 Å². The minimum atomic E-state index is -1.19. The van der Waals surface area contributed by atoms with Crippen molar-refractivity contribution in [3.05, 3.63) is 51.9 Å². The van der Waals surface area contributed by atoms with E-state index in [1.807, 2.05) is 0 Å². The molecule has 0 saturated carbocycles. The predicted molar refractivity (Wildman–Crippen MR) is 70.4 cm³/mol. The summed E-state index contributed by atoms with van der Waals surface area (Å²) in [6, 6.07) is 6.35. The number of benzene rings is 1. The van der Waals surface area contributed by atoms with Crippen LogP contribution in [0.4, 0.5) is 0 Å². The number of methoxy groups -OCH3 is 1. The zero-order chi connectivity index (χ0) is 14.0. The van der Waals surface area contributed by atoms with Crippen molar-refractivity contribution >= 4 is 21.9 Å². The molecule has 19 heavy (non-hydrogen) atoms. The Morgan fingerprint density at radius 3 is 2.79 bits per heavy atom. The van der Waals surface area contributed by atoms with Crippen LogP contribution in [0, 0.1) is 0 Å². The monoisotopic (exact) mass is 326 g/mol. The van der Waals surface area contributed by atoms with Crippen LogP contribution in [0.15, 0.2) is 39.4 Å². The van der Waals surface area contributed by atoms with E-state index in [-0.39, 0.29) is 11.3 Å². The molecular weight excluding hydrogens is 316 g/mol. The van der Waals surface area contributed by atoms with Crippen LogP contribution in [0.25, 0.3) is 0 Å². The highest BCUT2D eigenvalue weighted by Gasteiger charge is 2.24. The van der Waals surface area contributed by atoms with E-state index in [9.17, 15) is 9.90 Å². The van der Waals surface area contributed by atoms with Crippen LogP contribution in [0.5, 0.6) is 5.75 Å². The second kappa shape index (κ2) is 5.46. The number of aliphatic hydroxyl groups is 1. The molecule has 5 nitrogen and oxygen atoms in total. The van der Waals surface area contributed by atoms with Crippen molar-refractivity contribution in [3.63, 3.8) is 0 Å². The Morgan fingerprint density at radius 1 is 1.42 bits per heavy atom. The van der Waals surface area contributed by atoms with Gasteiger partial charge >= 0.3 is 5.97 Å². The van der Waals surface area contributed by atoms with E-state index in [1.54, 1.807) is 18.2 Å². The predicted octanol–water partition coefficient (Wildman–Crippen LogP) is 2.83. The number of hydrogen-bond donors (Lipinski definition) is 2. The van der Waals surface area contributed by atoms with Crippen LogP contribution in [0.3, 0.4) is 0 Å². The number of rotatable bonds is 4. The van der Waals surface area contributed by atoms with Crippen LogP contribution < -0.4 is 4.74 Å². The zero-order valence-electron chi connectivity index (χ0n) is 9.96. The summed E-state index contributed by atoms with van der Waals surface area (Å²) in [4.78, 5) is 11.0. The third-order valence-corrected chi connectivity index (χ3v) is 3.39. The van der Waals surface area contributed by atoms with Gasteiger partial charge in [-0.2, -0.15) is 0 Å². The molecule has 0 radical (unpaired) electrons. The molecule has 0 aliphatic rings. The van der Waals surface area contributed by atoms with Gasteiger partial charge in [0, 0.05) is 10.0 Å². The molecule has 6 heteroatoms. The number of aliphatic hydroxyl groups excluding tert-OH is 1. The summed E-state index contributed by atoms with van der Waals surface area (Å²) in [6.07, 6.45) is 0.0429. The van der Waals surface area contributed by atoms with Gasteiger partial charge in [-0.15, -0.1) is 0 Å². The molecule has 1 heterocycles. The minimum Gasteiger partial charge on any atom is -0.497 e. The second-order valence-electron chi connectivity index (χ2n) is 3.79. The van der Waals surface area contributed by atoms with E-state index in [1.165, 1.54) is 19.4 Å². The molecule has 0 spiro atoms. The van der Waals surface area contributed by atoms with Crippen molar-refractivity contribution in [2.45, 2.75) is 6.10 Å². The SMILES string of the molecule is COc1ccc(Br)c(C(O)c2occc2C(=O)O)c1. The quantitative estimate of drug-likeness (QED) is 0.903. The summed E-state index contributed by atoms with van der Waals surface area (Å²) in [5.41, 5.74) is 0.402. The number of ether oxygens (including phenoxy) is 1. The summed E-state index contributed by atoms with van der Waals surface area (Å²) in [5, 5.41) is 19.3. The Kier molecular flexibility index (Phi) is 3.92. The van der Waals surface area contributed by atoms with Gasteiger partial charge in [0.05, 0.1) is 13.4 Å². The fourth-order valence-electron chi connectivity index (χ4n) is 1.71. The number of carbonyl (C=O) groups is 1. The molecule has 0 bridgehead atoms. The highest BCUT2D eigenvalue weighted by Crippen LogP contribution is 2.33. The summed E-state index contributed by atoms with van der Waals surface area (Å²) in [5.74, 6) is -0.607. The van der Waals surface area contributed by atoms with Crippen LogP contribution >= 0.6 is 15.9 Å². The standard InChI is InChI=1S/C13H11BrO5/c1-18-7-2-3-10(14)9(6-7)11(15)12-8(13(16)17)4-5-19-12/h2-6,11,15H,1H3,(H,16,17). The lowest BCUT2D eigenvalue weighted by molar-refractivity contribution is 0.0687. The van der Waals surface area contributed by atoms with Crippen molar-refractivity contribution in [2.24, 2.45) is 0 Å². The van der Waals surface area contributed by atoms with E-state index < -0.39 is 12.1 Å². The van der Waals surface area contributed by atoms with Gasteiger partial charge in [-0.25, -0.2) is 4.79 Å². The highest BCUT2D eigenvalue weighted by atomic mass is 79.9.